The van der Waals surface area contributed by atoms with E-state index in [0.717, 1.165) is 12.1 Å². The molecule has 0 bridgehead atoms. The Hall–Kier alpha value is -1.39. The van der Waals surface area contributed by atoms with Crippen molar-refractivity contribution in [2.75, 3.05) is 19.8 Å². The molecular weight excluding hydrogens is 252 g/mol. The van der Waals surface area contributed by atoms with Crippen LogP contribution in [0.15, 0.2) is 24.8 Å². The molecule has 0 spiro atoms. The first-order valence-electron chi connectivity index (χ1n) is 5.80. The highest BCUT2D eigenvalue weighted by Crippen LogP contribution is 2.11. The lowest BCUT2D eigenvalue weighted by Crippen LogP contribution is -2.27. The molecule has 1 rings (SSSR count). The number of hydrogen-bond donors (Lipinski definition) is 1. The van der Waals surface area contributed by atoms with Gasteiger partial charge < -0.3 is 10.1 Å². The SMILES string of the molecule is C=CCOCCNC(=O)c1cc(Cl)nc(CC)c1. The van der Waals surface area contributed by atoms with Gasteiger partial charge in [0.15, 0.2) is 0 Å². The molecule has 0 aliphatic rings. The molecule has 0 unspecified atom stereocenters. The topological polar surface area (TPSA) is 51.2 Å². The second kappa shape index (κ2) is 7.84. The number of carbonyl (C=O) groups is 1. The van der Waals surface area contributed by atoms with Gasteiger partial charge in [-0.15, -0.1) is 6.58 Å². The first kappa shape index (κ1) is 14.7. The first-order valence-corrected chi connectivity index (χ1v) is 6.18. The third-order valence-corrected chi connectivity index (χ3v) is 2.43. The third kappa shape index (κ3) is 4.85. The number of nitrogens with one attached hydrogen (secondary N) is 1. The van der Waals surface area contributed by atoms with Crippen LogP contribution in [0.25, 0.3) is 0 Å². The van der Waals surface area contributed by atoms with E-state index in [-0.39, 0.29) is 5.91 Å². The van der Waals surface area contributed by atoms with E-state index in [1.165, 1.54) is 0 Å². The van der Waals surface area contributed by atoms with Crippen molar-refractivity contribution in [3.8, 4) is 0 Å². The minimum absolute atomic E-state index is 0.170. The fraction of sp³-hybridized carbons (Fsp3) is 0.385. The largest absolute Gasteiger partial charge is 0.376 e. The molecule has 1 N–H and O–H groups in total. The zero-order valence-electron chi connectivity index (χ0n) is 10.4. The second-order valence-corrected chi connectivity index (χ2v) is 4.03. The van der Waals surface area contributed by atoms with E-state index in [4.69, 9.17) is 16.3 Å². The minimum atomic E-state index is -0.170. The van der Waals surface area contributed by atoms with Crippen molar-refractivity contribution < 1.29 is 9.53 Å². The summed E-state index contributed by atoms with van der Waals surface area (Å²) in [5.41, 5.74) is 1.33. The highest BCUT2D eigenvalue weighted by atomic mass is 35.5. The second-order valence-electron chi connectivity index (χ2n) is 3.64. The molecule has 0 fully saturated rings. The smallest absolute Gasteiger partial charge is 0.251 e. The van der Waals surface area contributed by atoms with Crippen LogP contribution in [0, 0.1) is 0 Å². The molecule has 4 nitrogen and oxygen atoms in total. The summed E-state index contributed by atoms with van der Waals surface area (Å²) in [6, 6.07) is 3.30. The van der Waals surface area contributed by atoms with E-state index in [9.17, 15) is 4.79 Å². The van der Waals surface area contributed by atoms with Gasteiger partial charge in [-0.3, -0.25) is 4.79 Å². The lowest BCUT2D eigenvalue weighted by Gasteiger charge is -2.07. The Kier molecular flexibility index (Phi) is 6.39. The van der Waals surface area contributed by atoms with Crippen LogP contribution in [0.2, 0.25) is 5.15 Å². The molecule has 18 heavy (non-hydrogen) atoms. The molecule has 0 saturated heterocycles. The van der Waals surface area contributed by atoms with E-state index >= 15 is 0 Å². The molecule has 1 aromatic heterocycles. The highest BCUT2D eigenvalue weighted by Gasteiger charge is 2.08. The van der Waals surface area contributed by atoms with Crippen molar-refractivity contribution in [3.63, 3.8) is 0 Å². The van der Waals surface area contributed by atoms with Gasteiger partial charge in [0, 0.05) is 17.8 Å². The Morgan fingerprint density at radius 2 is 2.39 bits per heavy atom. The summed E-state index contributed by atoms with van der Waals surface area (Å²) in [6.07, 6.45) is 2.40. The number of carbonyl (C=O) groups excluding carboxylic acids is 1. The predicted molar refractivity (Wildman–Crippen MR) is 72.0 cm³/mol. The van der Waals surface area contributed by atoms with E-state index < -0.39 is 0 Å². The third-order valence-electron chi connectivity index (χ3n) is 2.24. The summed E-state index contributed by atoms with van der Waals surface area (Å²) >= 11 is 5.85. The fourth-order valence-corrected chi connectivity index (χ4v) is 1.60. The molecule has 1 aromatic rings. The van der Waals surface area contributed by atoms with E-state index in [0.29, 0.717) is 30.5 Å². The summed E-state index contributed by atoms with van der Waals surface area (Å²) in [5.74, 6) is -0.170. The van der Waals surface area contributed by atoms with Gasteiger partial charge in [-0.1, -0.05) is 24.6 Å². The number of ether oxygens (including phenoxy) is 1. The minimum Gasteiger partial charge on any atom is -0.376 e. The maximum Gasteiger partial charge on any atom is 0.251 e. The lowest BCUT2D eigenvalue weighted by atomic mass is 10.2. The summed E-state index contributed by atoms with van der Waals surface area (Å²) in [5, 5.41) is 3.09. The van der Waals surface area contributed by atoms with Crippen molar-refractivity contribution in [1.29, 1.82) is 0 Å². The Balaban J connectivity index is 2.50. The van der Waals surface area contributed by atoms with Crippen LogP contribution in [0.3, 0.4) is 0 Å². The van der Waals surface area contributed by atoms with Crippen molar-refractivity contribution >= 4 is 17.5 Å². The first-order chi connectivity index (χ1) is 8.67. The number of pyridine rings is 1. The van der Waals surface area contributed by atoms with Crippen LogP contribution in [0.4, 0.5) is 0 Å². The molecule has 0 aliphatic carbocycles. The Morgan fingerprint density at radius 3 is 3.06 bits per heavy atom. The average molecular weight is 269 g/mol. The van der Waals surface area contributed by atoms with Crippen molar-refractivity contribution in [2.24, 2.45) is 0 Å². The van der Waals surface area contributed by atoms with Gasteiger partial charge in [-0.05, 0) is 18.6 Å². The molecule has 5 heteroatoms. The van der Waals surface area contributed by atoms with Crippen molar-refractivity contribution in [1.82, 2.24) is 10.3 Å². The average Bonchev–Trinajstić information content (AvgIpc) is 2.37. The van der Waals surface area contributed by atoms with Crippen LogP contribution in [0.1, 0.15) is 23.0 Å². The number of hydrogen-bond acceptors (Lipinski definition) is 3. The maximum absolute atomic E-state index is 11.8. The molecule has 0 radical (unpaired) electrons. The standard InChI is InChI=1S/C13H17ClN2O2/c1-3-6-18-7-5-15-13(17)10-8-11(4-2)16-12(14)9-10/h3,8-9H,1,4-7H2,2H3,(H,15,17). The van der Waals surface area contributed by atoms with Crippen LogP contribution in [-0.2, 0) is 11.2 Å². The summed E-state index contributed by atoms with van der Waals surface area (Å²) in [7, 11) is 0. The van der Waals surface area contributed by atoms with E-state index in [2.05, 4.69) is 16.9 Å². The molecule has 1 amide bonds. The summed E-state index contributed by atoms with van der Waals surface area (Å²) in [4.78, 5) is 15.9. The quantitative estimate of drug-likeness (QED) is 0.469. The number of nitrogens with zero attached hydrogens (tertiary/aromatic N) is 1. The monoisotopic (exact) mass is 268 g/mol. The van der Waals surface area contributed by atoms with Gasteiger partial charge in [0.1, 0.15) is 5.15 Å². The Bertz CT molecular complexity index is 421. The molecule has 0 aliphatic heterocycles. The van der Waals surface area contributed by atoms with Gasteiger partial charge in [0.25, 0.3) is 5.91 Å². The van der Waals surface area contributed by atoms with Crippen molar-refractivity contribution in [2.45, 2.75) is 13.3 Å². The Morgan fingerprint density at radius 1 is 1.61 bits per heavy atom. The number of amides is 1. The maximum atomic E-state index is 11.8. The normalized spacial score (nSPS) is 10.1. The van der Waals surface area contributed by atoms with E-state index in [1.807, 2.05) is 6.92 Å². The van der Waals surface area contributed by atoms with Crippen LogP contribution >= 0.6 is 11.6 Å². The molecule has 0 saturated carbocycles. The predicted octanol–water partition coefficient (Wildman–Crippen LogP) is 2.23. The molecule has 98 valence electrons. The van der Waals surface area contributed by atoms with Crippen LogP contribution < -0.4 is 5.32 Å². The number of aryl methyl sites for hydroxylation is 1. The van der Waals surface area contributed by atoms with Gasteiger partial charge in [0.2, 0.25) is 0 Å². The number of aromatic nitrogens is 1. The lowest BCUT2D eigenvalue weighted by molar-refractivity contribution is 0.0928. The van der Waals surface area contributed by atoms with Gasteiger partial charge in [-0.2, -0.15) is 0 Å². The van der Waals surface area contributed by atoms with E-state index in [1.54, 1.807) is 18.2 Å². The zero-order chi connectivity index (χ0) is 13.4. The number of halogens is 1. The summed E-state index contributed by atoms with van der Waals surface area (Å²) in [6.45, 7) is 6.89. The van der Waals surface area contributed by atoms with Crippen LogP contribution in [-0.4, -0.2) is 30.6 Å². The Labute approximate surface area is 112 Å². The fourth-order valence-electron chi connectivity index (χ4n) is 1.37. The zero-order valence-corrected chi connectivity index (χ0v) is 11.2. The van der Waals surface area contributed by atoms with Crippen LogP contribution in [0.5, 0.6) is 0 Å². The molecule has 0 aromatic carbocycles. The van der Waals surface area contributed by atoms with Gasteiger partial charge >= 0.3 is 0 Å². The van der Waals surface area contributed by atoms with Gasteiger partial charge in [0.05, 0.1) is 13.2 Å². The molecule has 0 atom stereocenters. The van der Waals surface area contributed by atoms with Gasteiger partial charge in [-0.25, -0.2) is 4.98 Å². The number of rotatable bonds is 7. The molecular formula is C13H17ClN2O2. The summed E-state index contributed by atoms with van der Waals surface area (Å²) < 4.78 is 5.17. The van der Waals surface area contributed by atoms with Crippen molar-refractivity contribution in [3.05, 3.63) is 41.2 Å². The molecule has 1 heterocycles. The highest BCUT2D eigenvalue weighted by molar-refractivity contribution is 6.29.